The lowest BCUT2D eigenvalue weighted by Gasteiger charge is -2.05. The van der Waals surface area contributed by atoms with Crippen LogP contribution < -0.4 is 10.9 Å². The van der Waals surface area contributed by atoms with Crippen molar-refractivity contribution in [1.29, 1.82) is 0 Å². The molecule has 6 heteroatoms. The summed E-state index contributed by atoms with van der Waals surface area (Å²) < 4.78 is 1.75. The summed E-state index contributed by atoms with van der Waals surface area (Å²) in [5, 5.41) is 13.0. The van der Waals surface area contributed by atoms with Gasteiger partial charge in [-0.2, -0.15) is 0 Å². The lowest BCUT2D eigenvalue weighted by Crippen LogP contribution is -2.20. The molecule has 0 aliphatic carbocycles. The van der Waals surface area contributed by atoms with Gasteiger partial charge in [0.1, 0.15) is 0 Å². The van der Waals surface area contributed by atoms with Gasteiger partial charge in [-0.25, -0.2) is 0 Å². The minimum absolute atomic E-state index is 0.0159. The molecule has 0 saturated carbocycles. The number of nitrogens with one attached hydrogen (secondary N) is 1. The van der Waals surface area contributed by atoms with Crippen molar-refractivity contribution in [2.75, 3.05) is 11.9 Å². The first kappa shape index (κ1) is 15.7. The molecule has 0 bridgehead atoms. The zero-order chi connectivity index (χ0) is 15.1. The maximum atomic E-state index is 12.4. The number of unbranched alkanes of at least 4 members (excludes halogenated alkanes) is 2. The first-order chi connectivity index (χ1) is 10.3. The van der Waals surface area contributed by atoms with E-state index < -0.39 is 0 Å². The first-order valence-corrected chi connectivity index (χ1v) is 8.35. The van der Waals surface area contributed by atoms with E-state index in [9.17, 15) is 4.79 Å². The number of nitrogens with zero attached hydrogens (tertiary/aromatic N) is 3. The fourth-order valence-corrected chi connectivity index (χ4v) is 2.77. The second kappa shape index (κ2) is 7.93. The van der Waals surface area contributed by atoms with Gasteiger partial charge >= 0.3 is 0 Å². The van der Waals surface area contributed by atoms with Crippen LogP contribution in [0.1, 0.15) is 39.5 Å². The van der Waals surface area contributed by atoms with Crippen LogP contribution in [-0.4, -0.2) is 21.3 Å². The summed E-state index contributed by atoms with van der Waals surface area (Å²) in [6.45, 7) is 5.91. The number of hydrogen-bond donors (Lipinski definition) is 1. The number of pyridine rings is 1. The summed E-state index contributed by atoms with van der Waals surface area (Å²) in [6, 6.07) is 3.72. The summed E-state index contributed by atoms with van der Waals surface area (Å²) in [5.41, 5.74) is 0.650. The van der Waals surface area contributed by atoms with Crippen molar-refractivity contribution < 1.29 is 0 Å². The van der Waals surface area contributed by atoms with Gasteiger partial charge in [-0.1, -0.05) is 38.0 Å². The molecule has 0 atom stereocenters. The maximum absolute atomic E-state index is 12.4. The molecule has 1 N–H and O–H groups in total. The molecule has 0 saturated heterocycles. The van der Waals surface area contributed by atoms with Crippen LogP contribution in [0.2, 0.25) is 0 Å². The van der Waals surface area contributed by atoms with E-state index in [0.717, 1.165) is 43.9 Å². The van der Waals surface area contributed by atoms with Crippen molar-refractivity contribution in [3.05, 3.63) is 28.7 Å². The topological polar surface area (TPSA) is 59.8 Å². The Hall–Kier alpha value is -1.69. The van der Waals surface area contributed by atoms with Crippen LogP contribution in [0.5, 0.6) is 0 Å². The molecule has 2 heterocycles. The van der Waals surface area contributed by atoms with E-state index in [2.05, 4.69) is 29.4 Å². The van der Waals surface area contributed by atoms with Gasteiger partial charge in [0.05, 0.1) is 5.56 Å². The Morgan fingerprint density at radius 3 is 2.81 bits per heavy atom. The van der Waals surface area contributed by atoms with Crippen LogP contribution in [0.25, 0.3) is 10.6 Å². The van der Waals surface area contributed by atoms with Gasteiger partial charge < -0.3 is 9.88 Å². The Morgan fingerprint density at radius 1 is 1.24 bits per heavy atom. The number of aromatic nitrogens is 3. The van der Waals surface area contributed by atoms with Crippen molar-refractivity contribution in [1.82, 2.24) is 14.8 Å². The molecule has 0 radical (unpaired) electrons. The average molecular weight is 306 g/mol. The van der Waals surface area contributed by atoms with E-state index in [1.54, 1.807) is 4.57 Å². The van der Waals surface area contributed by atoms with Crippen LogP contribution >= 0.6 is 11.3 Å². The molecule has 21 heavy (non-hydrogen) atoms. The van der Waals surface area contributed by atoms with Gasteiger partial charge in [-0.3, -0.25) is 4.79 Å². The molecule has 0 aromatic carbocycles. The lowest BCUT2D eigenvalue weighted by atomic mass is 10.2. The summed E-state index contributed by atoms with van der Waals surface area (Å²) in [6.07, 6.45) is 6.15. The molecule has 0 spiro atoms. The van der Waals surface area contributed by atoms with Crippen molar-refractivity contribution >= 4 is 16.5 Å². The highest BCUT2D eigenvalue weighted by Gasteiger charge is 2.11. The molecule has 0 fully saturated rings. The number of hydrogen-bond acceptors (Lipinski definition) is 5. The zero-order valence-electron chi connectivity index (χ0n) is 12.6. The molecule has 2 aromatic heterocycles. The van der Waals surface area contributed by atoms with E-state index in [1.165, 1.54) is 11.3 Å². The normalized spacial score (nSPS) is 10.8. The molecule has 0 amide bonds. The fraction of sp³-hybridized carbons (Fsp3) is 0.533. The molecule has 0 aliphatic heterocycles. The zero-order valence-corrected chi connectivity index (χ0v) is 13.4. The van der Waals surface area contributed by atoms with E-state index >= 15 is 0 Å². The second-order valence-corrected chi connectivity index (χ2v) is 5.94. The van der Waals surface area contributed by atoms with Crippen LogP contribution in [0.15, 0.2) is 23.1 Å². The van der Waals surface area contributed by atoms with E-state index in [-0.39, 0.29) is 5.56 Å². The monoisotopic (exact) mass is 306 g/mol. The third-order valence-electron chi connectivity index (χ3n) is 3.23. The molecule has 114 valence electrons. The number of aryl methyl sites for hydroxylation is 1. The second-order valence-electron chi connectivity index (χ2n) is 4.97. The summed E-state index contributed by atoms with van der Waals surface area (Å²) in [7, 11) is 0. The number of anilines is 1. The van der Waals surface area contributed by atoms with Crippen molar-refractivity contribution in [2.45, 2.75) is 46.1 Å². The largest absolute Gasteiger partial charge is 0.360 e. The number of rotatable bonds is 8. The fourth-order valence-electron chi connectivity index (χ4n) is 1.98. The van der Waals surface area contributed by atoms with Crippen molar-refractivity contribution in [3.8, 4) is 10.6 Å². The highest BCUT2D eigenvalue weighted by Crippen LogP contribution is 2.23. The van der Waals surface area contributed by atoms with Crippen LogP contribution in [0.4, 0.5) is 5.13 Å². The highest BCUT2D eigenvalue weighted by molar-refractivity contribution is 7.18. The SMILES string of the molecule is CCCCNc1nnc(-c2cccn(CCCC)c2=O)s1. The average Bonchev–Trinajstić information content (AvgIpc) is 2.95. The summed E-state index contributed by atoms with van der Waals surface area (Å²) in [4.78, 5) is 12.4. The third-order valence-corrected chi connectivity index (χ3v) is 4.15. The Kier molecular flexibility index (Phi) is 5.92. The molecule has 0 unspecified atom stereocenters. The highest BCUT2D eigenvalue weighted by atomic mass is 32.1. The first-order valence-electron chi connectivity index (χ1n) is 7.53. The molecule has 5 nitrogen and oxygen atoms in total. The Balaban J connectivity index is 2.16. The minimum atomic E-state index is 0.0159. The van der Waals surface area contributed by atoms with E-state index in [4.69, 9.17) is 0 Å². The lowest BCUT2D eigenvalue weighted by molar-refractivity contribution is 0.614. The standard InChI is InChI=1S/C15H22N4OS/c1-3-5-9-16-15-18-17-13(21-15)12-8-7-11-19(14(12)20)10-6-4-2/h7-8,11H,3-6,9-10H2,1-2H3,(H,16,18). The van der Waals surface area contributed by atoms with Crippen molar-refractivity contribution in [2.24, 2.45) is 0 Å². The van der Waals surface area contributed by atoms with Crippen LogP contribution in [0, 0.1) is 0 Å². The Labute approximate surface area is 129 Å². The molecular formula is C15H22N4OS. The van der Waals surface area contributed by atoms with Crippen LogP contribution in [0.3, 0.4) is 0 Å². The van der Waals surface area contributed by atoms with Gasteiger partial charge in [0, 0.05) is 19.3 Å². The van der Waals surface area contributed by atoms with E-state index in [1.807, 2.05) is 18.3 Å². The van der Waals surface area contributed by atoms with Gasteiger partial charge in [0.15, 0.2) is 5.01 Å². The summed E-state index contributed by atoms with van der Waals surface area (Å²) in [5.74, 6) is 0. The van der Waals surface area contributed by atoms with Crippen LogP contribution in [-0.2, 0) is 6.54 Å². The minimum Gasteiger partial charge on any atom is -0.360 e. The van der Waals surface area contributed by atoms with Gasteiger partial charge in [-0.15, -0.1) is 10.2 Å². The predicted octanol–water partition coefficient (Wildman–Crippen LogP) is 3.38. The predicted molar refractivity (Wildman–Crippen MR) is 87.9 cm³/mol. The van der Waals surface area contributed by atoms with E-state index in [0.29, 0.717) is 10.6 Å². The third kappa shape index (κ3) is 4.14. The van der Waals surface area contributed by atoms with Gasteiger partial charge in [-0.05, 0) is 25.0 Å². The molecular weight excluding hydrogens is 284 g/mol. The molecule has 2 rings (SSSR count). The van der Waals surface area contributed by atoms with Gasteiger partial charge in [0.2, 0.25) is 5.13 Å². The Morgan fingerprint density at radius 2 is 2.05 bits per heavy atom. The van der Waals surface area contributed by atoms with Gasteiger partial charge in [0.25, 0.3) is 5.56 Å². The molecule has 2 aromatic rings. The summed E-state index contributed by atoms with van der Waals surface area (Å²) >= 11 is 1.44. The smallest absolute Gasteiger partial charge is 0.260 e. The quantitative estimate of drug-likeness (QED) is 0.760. The molecule has 0 aliphatic rings. The maximum Gasteiger partial charge on any atom is 0.260 e. The van der Waals surface area contributed by atoms with Crippen molar-refractivity contribution in [3.63, 3.8) is 0 Å². The Bertz CT molecular complexity index is 620.